The fourth-order valence-electron chi connectivity index (χ4n) is 4.05. The number of phenolic OH excluding ortho intramolecular Hbond substituents is 1. The molecule has 0 aliphatic heterocycles. The number of carbonyl (C=O) groups excluding carboxylic acids is 1. The van der Waals surface area contributed by atoms with Crippen molar-refractivity contribution in [1.82, 2.24) is 10.3 Å². The van der Waals surface area contributed by atoms with E-state index in [1.165, 1.54) is 24.3 Å². The number of aromatic hydroxyl groups is 1. The first-order valence-corrected chi connectivity index (χ1v) is 12.1. The summed E-state index contributed by atoms with van der Waals surface area (Å²) in [6.07, 6.45) is -0.960. The number of rotatable bonds is 7. The van der Waals surface area contributed by atoms with E-state index in [4.69, 9.17) is 4.74 Å². The Kier molecular flexibility index (Phi) is 7.71. The number of nitrogens with one attached hydrogen (secondary N) is 1. The first kappa shape index (κ1) is 26.7. The van der Waals surface area contributed by atoms with Gasteiger partial charge in [-0.05, 0) is 73.9 Å². The second kappa shape index (κ2) is 11.0. The Morgan fingerprint density at radius 1 is 1.08 bits per heavy atom. The minimum atomic E-state index is -4.51. The highest BCUT2D eigenvalue weighted by molar-refractivity contribution is 5.95. The number of halogens is 3. The smallest absolute Gasteiger partial charge is 0.416 e. The van der Waals surface area contributed by atoms with Crippen LogP contribution in [0.3, 0.4) is 0 Å². The maximum atomic E-state index is 13.5. The molecule has 4 rings (SSSR count). The fraction of sp³-hybridized carbons (Fsp3) is 0.200. The maximum Gasteiger partial charge on any atom is 0.416 e. The Balaban J connectivity index is 1.80. The number of aromatic nitrogens is 1. The molecule has 0 saturated carbocycles. The lowest BCUT2D eigenvalue weighted by molar-refractivity contribution is -0.137. The SMILES string of the molecule is CCc1nc2cc(O)ccc2c(Oc2ccc(/C=C/C(=O)NC(C)C)cc2)c1-c1cccc(C(F)(F)F)c1. The molecule has 0 radical (unpaired) electrons. The van der Waals surface area contributed by atoms with Crippen LogP contribution in [0.2, 0.25) is 0 Å². The van der Waals surface area contributed by atoms with Crippen molar-refractivity contribution in [2.45, 2.75) is 39.4 Å². The molecule has 0 spiro atoms. The molecule has 1 amide bonds. The summed E-state index contributed by atoms with van der Waals surface area (Å²) in [5.74, 6) is 0.600. The lowest BCUT2D eigenvalue weighted by Gasteiger charge is -2.18. The van der Waals surface area contributed by atoms with Crippen molar-refractivity contribution in [2.75, 3.05) is 0 Å². The van der Waals surface area contributed by atoms with Crippen LogP contribution in [0.5, 0.6) is 17.2 Å². The van der Waals surface area contributed by atoms with E-state index >= 15 is 0 Å². The van der Waals surface area contributed by atoms with Crippen molar-refractivity contribution >= 4 is 22.9 Å². The van der Waals surface area contributed by atoms with Gasteiger partial charge >= 0.3 is 6.18 Å². The van der Waals surface area contributed by atoms with Crippen molar-refractivity contribution in [2.24, 2.45) is 0 Å². The minimum absolute atomic E-state index is 0.0162. The standard InChI is InChI=1S/C30H27F3N2O3/c1-4-25-28(20-6-5-7-21(16-20)30(31,32)33)29(24-14-11-22(36)17-26(24)35-25)38-23-12-8-19(9-13-23)10-15-27(37)34-18(2)3/h5-18,36H,4H2,1-3H3,(H,34,37)/b15-10+. The monoisotopic (exact) mass is 520 g/mol. The van der Waals surface area contributed by atoms with Crippen LogP contribution >= 0.6 is 0 Å². The number of pyridine rings is 1. The van der Waals surface area contributed by atoms with Crippen molar-refractivity contribution in [3.63, 3.8) is 0 Å². The molecule has 0 aliphatic rings. The average Bonchev–Trinajstić information content (AvgIpc) is 2.87. The summed E-state index contributed by atoms with van der Waals surface area (Å²) in [7, 11) is 0. The van der Waals surface area contributed by atoms with Gasteiger partial charge in [0.1, 0.15) is 17.2 Å². The van der Waals surface area contributed by atoms with Gasteiger partial charge in [-0.15, -0.1) is 0 Å². The Labute approximate surface area is 218 Å². The van der Waals surface area contributed by atoms with Gasteiger partial charge in [-0.1, -0.05) is 31.2 Å². The highest BCUT2D eigenvalue weighted by atomic mass is 19.4. The third-order valence-corrected chi connectivity index (χ3v) is 5.77. The topological polar surface area (TPSA) is 71.5 Å². The van der Waals surface area contributed by atoms with Gasteiger partial charge in [-0.3, -0.25) is 9.78 Å². The van der Waals surface area contributed by atoms with Crippen molar-refractivity contribution in [3.8, 4) is 28.4 Å². The van der Waals surface area contributed by atoms with Crippen LogP contribution in [0.1, 0.15) is 37.6 Å². The molecule has 3 aromatic carbocycles. The van der Waals surface area contributed by atoms with E-state index in [0.717, 1.165) is 17.7 Å². The zero-order valence-corrected chi connectivity index (χ0v) is 21.1. The third kappa shape index (κ3) is 6.14. The Hall–Kier alpha value is -4.33. The fourth-order valence-corrected chi connectivity index (χ4v) is 4.05. The zero-order valence-electron chi connectivity index (χ0n) is 21.1. The van der Waals surface area contributed by atoms with Gasteiger partial charge in [-0.2, -0.15) is 13.2 Å². The van der Waals surface area contributed by atoms with Crippen LogP contribution in [0, 0.1) is 0 Å². The Morgan fingerprint density at radius 2 is 1.82 bits per heavy atom. The van der Waals surface area contributed by atoms with Crippen LogP contribution in [0.25, 0.3) is 28.1 Å². The number of carbonyl (C=O) groups is 1. The number of ether oxygens (including phenoxy) is 1. The summed E-state index contributed by atoms with van der Waals surface area (Å²) in [5.41, 5.74) is 1.77. The largest absolute Gasteiger partial charge is 0.508 e. The van der Waals surface area contributed by atoms with Crippen molar-refractivity contribution in [1.29, 1.82) is 0 Å². The second-order valence-electron chi connectivity index (χ2n) is 9.06. The van der Waals surface area contributed by atoms with Gasteiger partial charge in [0, 0.05) is 29.1 Å². The molecule has 1 heterocycles. The predicted octanol–water partition coefficient (Wildman–Crippen LogP) is 7.52. The van der Waals surface area contributed by atoms with Crippen LogP contribution in [0.15, 0.2) is 72.8 Å². The molecule has 38 heavy (non-hydrogen) atoms. The number of fused-ring (bicyclic) bond motifs is 1. The lowest BCUT2D eigenvalue weighted by atomic mass is 9.97. The molecule has 2 N–H and O–H groups in total. The molecule has 0 atom stereocenters. The number of phenols is 1. The molecular formula is C30H27F3N2O3. The molecule has 0 fully saturated rings. The van der Waals surface area contributed by atoms with Crippen LogP contribution < -0.4 is 10.1 Å². The van der Waals surface area contributed by atoms with E-state index in [2.05, 4.69) is 10.3 Å². The molecule has 0 aliphatic carbocycles. The van der Waals surface area contributed by atoms with Gasteiger partial charge in [0.2, 0.25) is 5.91 Å². The number of nitrogens with zero attached hydrogens (tertiary/aromatic N) is 1. The number of alkyl halides is 3. The number of aryl methyl sites for hydroxylation is 1. The van der Waals surface area contributed by atoms with E-state index in [1.807, 2.05) is 20.8 Å². The summed E-state index contributed by atoms with van der Waals surface area (Å²) in [5, 5.41) is 13.3. The van der Waals surface area contributed by atoms with E-state index in [9.17, 15) is 23.1 Å². The average molecular weight is 521 g/mol. The van der Waals surface area contributed by atoms with Crippen LogP contribution in [-0.4, -0.2) is 22.0 Å². The first-order valence-electron chi connectivity index (χ1n) is 12.1. The summed E-state index contributed by atoms with van der Waals surface area (Å²) in [4.78, 5) is 16.5. The minimum Gasteiger partial charge on any atom is -0.508 e. The van der Waals surface area contributed by atoms with Gasteiger partial charge in [-0.25, -0.2) is 0 Å². The normalized spacial score (nSPS) is 11.9. The lowest BCUT2D eigenvalue weighted by Crippen LogP contribution is -2.28. The Morgan fingerprint density at radius 3 is 2.47 bits per heavy atom. The number of amides is 1. The highest BCUT2D eigenvalue weighted by Gasteiger charge is 2.31. The molecule has 8 heteroatoms. The van der Waals surface area contributed by atoms with Crippen LogP contribution in [0.4, 0.5) is 13.2 Å². The quantitative estimate of drug-likeness (QED) is 0.247. The number of benzene rings is 3. The van der Waals surface area contributed by atoms with Gasteiger partial charge in [0.05, 0.1) is 16.8 Å². The van der Waals surface area contributed by atoms with Crippen LogP contribution in [-0.2, 0) is 17.4 Å². The van der Waals surface area contributed by atoms with Crippen molar-refractivity contribution < 1.29 is 27.8 Å². The second-order valence-corrected chi connectivity index (χ2v) is 9.06. The molecule has 5 nitrogen and oxygen atoms in total. The molecule has 0 bridgehead atoms. The molecular weight excluding hydrogens is 493 g/mol. The zero-order chi connectivity index (χ0) is 27.4. The molecule has 0 saturated heterocycles. The van der Waals surface area contributed by atoms with Gasteiger partial charge < -0.3 is 15.2 Å². The third-order valence-electron chi connectivity index (χ3n) is 5.77. The summed E-state index contributed by atoms with van der Waals surface area (Å²) < 4.78 is 46.9. The molecule has 0 unspecified atom stereocenters. The van der Waals surface area contributed by atoms with E-state index < -0.39 is 11.7 Å². The van der Waals surface area contributed by atoms with E-state index in [0.29, 0.717) is 45.6 Å². The summed E-state index contributed by atoms with van der Waals surface area (Å²) >= 11 is 0. The maximum absolute atomic E-state index is 13.5. The van der Waals surface area contributed by atoms with Crippen molar-refractivity contribution in [3.05, 3.63) is 89.6 Å². The molecule has 1 aromatic heterocycles. The van der Waals surface area contributed by atoms with Gasteiger partial charge in [0.15, 0.2) is 0 Å². The van der Waals surface area contributed by atoms with Gasteiger partial charge in [0.25, 0.3) is 0 Å². The van der Waals surface area contributed by atoms with E-state index in [1.54, 1.807) is 42.5 Å². The summed E-state index contributed by atoms with van der Waals surface area (Å²) in [6, 6.07) is 16.7. The summed E-state index contributed by atoms with van der Waals surface area (Å²) in [6.45, 7) is 5.60. The van der Waals surface area contributed by atoms with E-state index in [-0.39, 0.29) is 17.7 Å². The molecule has 4 aromatic rings. The highest BCUT2D eigenvalue weighted by Crippen LogP contribution is 2.43. The Bertz CT molecular complexity index is 1490. The number of hydrogen-bond acceptors (Lipinski definition) is 4. The number of hydrogen-bond donors (Lipinski definition) is 2. The first-order chi connectivity index (χ1) is 18.0. The molecule has 196 valence electrons. The predicted molar refractivity (Wildman–Crippen MR) is 142 cm³/mol.